The lowest BCUT2D eigenvalue weighted by Gasteiger charge is -2.14. The summed E-state index contributed by atoms with van der Waals surface area (Å²) in [7, 11) is 0. The monoisotopic (exact) mass is 301 g/mol. The summed E-state index contributed by atoms with van der Waals surface area (Å²) in [5.41, 5.74) is 0.853. The molecule has 1 amide bonds. The van der Waals surface area contributed by atoms with Gasteiger partial charge in [-0.15, -0.1) is 0 Å². The van der Waals surface area contributed by atoms with E-state index in [0.29, 0.717) is 12.1 Å². The second kappa shape index (κ2) is 7.00. The summed E-state index contributed by atoms with van der Waals surface area (Å²) in [5.74, 6) is -0.532. The SMILES string of the molecule is Cc1cc(=O)c(C(=O)NC(C)CCO)nn1-c1ccccc1. The molecule has 22 heavy (non-hydrogen) atoms. The number of para-hydroxylation sites is 1. The van der Waals surface area contributed by atoms with Gasteiger partial charge in [0.05, 0.1) is 5.69 Å². The van der Waals surface area contributed by atoms with Crippen LogP contribution in [0.3, 0.4) is 0 Å². The quantitative estimate of drug-likeness (QED) is 0.864. The Morgan fingerprint density at radius 3 is 2.68 bits per heavy atom. The number of carbonyl (C=O) groups excluding carboxylic acids is 1. The first-order valence-corrected chi connectivity index (χ1v) is 7.11. The zero-order valence-electron chi connectivity index (χ0n) is 12.6. The first kappa shape index (κ1) is 15.9. The molecule has 2 aromatic rings. The highest BCUT2D eigenvalue weighted by Crippen LogP contribution is 2.07. The van der Waals surface area contributed by atoms with Crippen LogP contribution < -0.4 is 10.7 Å². The Morgan fingerprint density at radius 1 is 1.36 bits per heavy atom. The van der Waals surface area contributed by atoms with Gasteiger partial charge >= 0.3 is 0 Å². The van der Waals surface area contributed by atoms with Gasteiger partial charge in [0.1, 0.15) is 0 Å². The number of nitrogens with zero attached hydrogens (tertiary/aromatic N) is 2. The molecule has 1 atom stereocenters. The van der Waals surface area contributed by atoms with Crippen molar-refractivity contribution in [3.05, 3.63) is 58.0 Å². The minimum atomic E-state index is -0.532. The van der Waals surface area contributed by atoms with Crippen molar-refractivity contribution in [2.75, 3.05) is 6.61 Å². The number of aryl methyl sites for hydroxylation is 1. The molecule has 1 aromatic carbocycles. The van der Waals surface area contributed by atoms with Crippen molar-refractivity contribution >= 4 is 5.91 Å². The molecule has 0 aliphatic heterocycles. The van der Waals surface area contributed by atoms with Gasteiger partial charge in [-0.05, 0) is 32.4 Å². The van der Waals surface area contributed by atoms with Crippen molar-refractivity contribution in [2.45, 2.75) is 26.3 Å². The number of aliphatic hydroxyl groups excluding tert-OH is 1. The molecule has 0 bridgehead atoms. The second-order valence-electron chi connectivity index (χ2n) is 5.13. The molecule has 0 aliphatic carbocycles. The first-order chi connectivity index (χ1) is 10.5. The Labute approximate surface area is 128 Å². The summed E-state index contributed by atoms with van der Waals surface area (Å²) in [5, 5.41) is 15.7. The number of carbonyl (C=O) groups is 1. The fraction of sp³-hybridized carbons (Fsp3) is 0.312. The Hall–Kier alpha value is -2.47. The van der Waals surface area contributed by atoms with Crippen LogP contribution in [0.15, 0.2) is 41.2 Å². The van der Waals surface area contributed by atoms with Crippen LogP contribution in [0.2, 0.25) is 0 Å². The van der Waals surface area contributed by atoms with E-state index in [1.807, 2.05) is 30.3 Å². The van der Waals surface area contributed by atoms with Gasteiger partial charge in [0.25, 0.3) is 5.91 Å². The lowest BCUT2D eigenvalue weighted by atomic mass is 10.2. The number of aromatic nitrogens is 2. The maximum Gasteiger partial charge on any atom is 0.276 e. The molecule has 0 saturated heterocycles. The topological polar surface area (TPSA) is 84.2 Å². The summed E-state index contributed by atoms with van der Waals surface area (Å²) in [6.07, 6.45) is 0.421. The Morgan fingerprint density at radius 2 is 2.05 bits per heavy atom. The molecule has 6 heteroatoms. The lowest BCUT2D eigenvalue weighted by Crippen LogP contribution is -2.37. The average molecular weight is 301 g/mol. The number of amides is 1. The van der Waals surface area contributed by atoms with Crippen LogP contribution in [0.5, 0.6) is 0 Å². The molecule has 0 saturated carbocycles. The third-order valence-corrected chi connectivity index (χ3v) is 3.26. The van der Waals surface area contributed by atoms with Gasteiger partial charge in [-0.25, -0.2) is 4.68 Å². The van der Waals surface area contributed by atoms with Crippen LogP contribution in [0.4, 0.5) is 0 Å². The number of aliphatic hydroxyl groups is 1. The summed E-state index contributed by atoms with van der Waals surface area (Å²) >= 11 is 0. The maximum atomic E-state index is 12.2. The summed E-state index contributed by atoms with van der Waals surface area (Å²) in [4.78, 5) is 24.2. The van der Waals surface area contributed by atoms with E-state index in [-0.39, 0.29) is 18.3 Å². The van der Waals surface area contributed by atoms with E-state index < -0.39 is 11.3 Å². The third-order valence-electron chi connectivity index (χ3n) is 3.26. The molecule has 2 rings (SSSR count). The van der Waals surface area contributed by atoms with Crippen molar-refractivity contribution in [1.82, 2.24) is 15.1 Å². The van der Waals surface area contributed by atoms with Gasteiger partial charge < -0.3 is 10.4 Å². The fourth-order valence-electron chi connectivity index (χ4n) is 2.09. The van der Waals surface area contributed by atoms with Gasteiger partial charge in [-0.2, -0.15) is 5.10 Å². The van der Waals surface area contributed by atoms with Gasteiger partial charge in [0.2, 0.25) is 5.43 Å². The average Bonchev–Trinajstić information content (AvgIpc) is 2.48. The van der Waals surface area contributed by atoms with Gasteiger partial charge in [-0.3, -0.25) is 9.59 Å². The fourth-order valence-corrected chi connectivity index (χ4v) is 2.09. The number of rotatable bonds is 5. The smallest absolute Gasteiger partial charge is 0.276 e. The predicted molar refractivity (Wildman–Crippen MR) is 83.2 cm³/mol. The van der Waals surface area contributed by atoms with Crippen molar-refractivity contribution in [3.63, 3.8) is 0 Å². The highest BCUT2D eigenvalue weighted by molar-refractivity contribution is 5.92. The molecule has 0 fully saturated rings. The van der Waals surface area contributed by atoms with E-state index in [1.54, 1.807) is 18.5 Å². The van der Waals surface area contributed by atoms with E-state index in [1.165, 1.54) is 6.07 Å². The molecule has 0 spiro atoms. The van der Waals surface area contributed by atoms with Crippen LogP contribution >= 0.6 is 0 Å². The van der Waals surface area contributed by atoms with Gasteiger partial charge in [0.15, 0.2) is 5.69 Å². The van der Waals surface area contributed by atoms with Crippen LogP contribution in [-0.4, -0.2) is 33.4 Å². The molecule has 0 radical (unpaired) electrons. The van der Waals surface area contributed by atoms with Crippen LogP contribution in [0.25, 0.3) is 5.69 Å². The Kier molecular flexibility index (Phi) is 5.06. The molecule has 1 unspecified atom stereocenters. The molecule has 0 aliphatic rings. The molecule has 6 nitrogen and oxygen atoms in total. The molecule has 1 aromatic heterocycles. The molecule has 2 N–H and O–H groups in total. The predicted octanol–water partition coefficient (Wildman–Crippen LogP) is 1.04. The minimum absolute atomic E-state index is 0.0307. The summed E-state index contributed by atoms with van der Waals surface area (Å²) in [6, 6.07) is 10.5. The molecular formula is C16H19N3O3. The number of hydrogen-bond donors (Lipinski definition) is 2. The van der Waals surface area contributed by atoms with Gasteiger partial charge in [-0.1, -0.05) is 18.2 Å². The highest BCUT2D eigenvalue weighted by Gasteiger charge is 2.16. The van der Waals surface area contributed by atoms with Gasteiger partial charge in [0, 0.05) is 24.4 Å². The van der Waals surface area contributed by atoms with E-state index >= 15 is 0 Å². The zero-order chi connectivity index (χ0) is 16.1. The minimum Gasteiger partial charge on any atom is -0.396 e. The maximum absolute atomic E-state index is 12.2. The zero-order valence-corrected chi connectivity index (χ0v) is 12.6. The lowest BCUT2D eigenvalue weighted by molar-refractivity contribution is 0.0926. The summed E-state index contributed by atoms with van der Waals surface area (Å²) in [6.45, 7) is 3.49. The van der Waals surface area contributed by atoms with E-state index in [4.69, 9.17) is 5.11 Å². The Bertz CT molecular complexity index is 710. The number of nitrogens with one attached hydrogen (secondary N) is 1. The number of benzene rings is 1. The van der Waals surface area contributed by atoms with Crippen molar-refractivity contribution in [3.8, 4) is 5.69 Å². The third kappa shape index (κ3) is 3.59. The summed E-state index contributed by atoms with van der Waals surface area (Å²) < 4.78 is 1.56. The van der Waals surface area contributed by atoms with Crippen molar-refractivity contribution < 1.29 is 9.90 Å². The molecular weight excluding hydrogens is 282 g/mol. The second-order valence-corrected chi connectivity index (χ2v) is 5.13. The number of hydrogen-bond acceptors (Lipinski definition) is 4. The molecule has 1 heterocycles. The standard InChI is InChI=1S/C16H19N3O3/c1-11(8-9-20)17-16(22)15-14(21)10-12(2)19(18-15)13-6-4-3-5-7-13/h3-7,10-11,20H,8-9H2,1-2H3,(H,17,22). The van der Waals surface area contributed by atoms with Crippen LogP contribution in [0.1, 0.15) is 29.5 Å². The van der Waals surface area contributed by atoms with Crippen molar-refractivity contribution in [1.29, 1.82) is 0 Å². The van der Waals surface area contributed by atoms with Crippen molar-refractivity contribution in [2.24, 2.45) is 0 Å². The van der Waals surface area contributed by atoms with Crippen LogP contribution in [0, 0.1) is 6.92 Å². The Balaban J connectivity index is 2.37. The van der Waals surface area contributed by atoms with E-state index in [9.17, 15) is 9.59 Å². The highest BCUT2D eigenvalue weighted by atomic mass is 16.3. The molecule has 116 valence electrons. The largest absolute Gasteiger partial charge is 0.396 e. The normalized spacial score (nSPS) is 12.0. The van der Waals surface area contributed by atoms with Crippen LogP contribution in [-0.2, 0) is 0 Å². The van der Waals surface area contributed by atoms with E-state index in [2.05, 4.69) is 10.4 Å². The first-order valence-electron chi connectivity index (χ1n) is 7.11. The van der Waals surface area contributed by atoms with E-state index in [0.717, 1.165) is 5.69 Å².